The van der Waals surface area contributed by atoms with Gasteiger partial charge in [-0.15, -0.1) is 0 Å². The van der Waals surface area contributed by atoms with Crippen molar-refractivity contribution < 1.29 is 0 Å². The van der Waals surface area contributed by atoms with E-state index in [0.29, 0.717) is 0 Å². The average molecular weight is 482 g/mol. The first-order chi connectivity index (χ1) is 17.9. The van der Waals surface area contributed by atoms with Crippen molar-refractivity contribution in [3.05, 3.63) is 162 Å². The number of anilines is 3. The molecule has 0 bridgehead atoms. The molecule has 0 amide bonds. The standard InChI is InChI=1S/C36H35N/c1-35(2,28-14-8-5-9-15-28)30-20-24-33(25-21-30)37(32-18-12-7-13-19-32)34-26-22-31(23-27-34)36(3,4)29-16-10-6-11-17-29/h5-27H,1-4H3. The molecule has 0 aliphatic heterocycles. The topological polar surface area (TPSA) is 3.24 Å². The molecule has 0 aliphatic carbocycles. The third-order valence-electron chi connectivity index (χ3n) is 7.70. The molecule has 1 heteroatoms. The summed E-state index contributed by atoms with van der Waals surface area (Å²) in [5.41, 5.74) is 8.55. The summed E-state index contributed by atoms with van der Waals surface area (Å²) >= 11 is 0. The van der Waals surface area contributed by atoms with Crippen LogP contribution in [0.2, 0.25) is 0 Å². The minimum atomic E-state index is -0.0674. The van der Waals surface area contributed by atoms with Crippen molar-refractivity contribution in [2.75, 3.05) is 4.90 Å². The fourth-order valence-electron chi connectivity index (χ4n) is 5.12. The molecule has 184 valence electrons. The monoisotopic (exact) mass is 481 g/mol. The molecule has 0 fully saturated rings. The Balaban J connectivity index is 1.50. The maximum atomic E-state index is 2.33. The summed E-state index contributed by atoms with van der Waals surface area (Å²) in [5.74, 6) is 0. The zero-order valence-corrected chi connectivity index (χ0v) is 22.2. The third-order valence-corrected chi connectivity index (χ3v) is 7.70. The second-order valence-corrected chi connectivity index (χ2v) is 10.7. The van der Waals surface area contributed by atoms with Gasteiger partial charge in [-0.25, -0.2) is 0 Å². The number of hydrogen-bond donors (Lipinski definition) is 0. The van der Waals surface area contributed by atoms with Crippen LogP contribution in [-0.2, 0) is 10.8 Å². The Kier molecular flexibility index (Phi) is 6.72. The molecule has 5 rings (SSSR count). The van der Waals surface area contributed by atoms with Crippen molar-refractivity contribution >= 4 is 17.1 Å². The van der Waals surface area contributed by atoms with Crippen LogP contribution < -0.4 is 4.90 Å². The quantitative estimate of drug-likeness (QED) is 0.223. The summed E-state index contributed by atoms with van der Waals surface area (Å²) in [6.45, 7) is 9.16. The Morgan fingerprint density at radius 1 is 0.324 bits per heavy atom. The van der Waals surface area contributed by atoms with E-state index in [4.69, 9.17) is 0 Å². The van der Waals surface area contributed by atoms with Crippen LogP contribution in [-0.4, -0.2) is 0 Å². The number of rotatable bonds is 7. The smallest absolute Gasteiger partial charge is 0.0461 e. The van der Waals surface area contributed by atoms with Crippen LogP contribution in [0.15, 0.2) is 140 Å². The number of benzene rings is 5. The molecule has 0 radical (unpaired) electrons. The van der Waals surface area contributed by atoms with Gasteiger partial charge >= 0.3 is 0 Å². The van der Waals surface area contributed by atoms with Crippen molar-refractivity contribution in [2.45, 2.75) is 38.5 Å². The minimum Gasteiger partial charge on any atom is -0.311 e. The molecule has 5 aromatic rings. The van der Waals surface area contributed by atoms with E-state index in [-0.39, 0.29) is 10.8 Å². The Hall–Kier alpha value is -4.10. The molecule has 0 saturated carbocycles. The molecule has 0 aliphatic rings. The van der Waals surface area contributed by atoms with Crippen LogP contribution >= 0.6 is 0 Å². The van der Waals surface area contributed by atoms with Crippen LogP contribution in [0, 0.1) is 0 Å². The normalized spacial score (nSPS) is 11.8. The van der Waals surface area contributed by atoms with Crippen molar-refractivity contribution in [1.82, 2.24) is 0 Å². The first-order valence-corrected chi connectivity index (χ1v) is 13.0. The number of nitrogens with zero attached hydrogens (tertiary/aromatic N) is 1. The SMILES string of the molecule is CC(C)(c1ccccc1)c1ccc(N(c2ccccc2)c2ccc(C(C)(C)c3ccccc3)cc2)cc1. The van der Waals surface area contributed by atoms with E-state index in [2.05, 4.69) is 172 Å². The van der Waals surface area contributed by atoms with Crippen molar-refractivity contribution in [3.63, 3.8) is 0 Å². The molecule has 0 atom stereocenters. The Morgan fingerprint density at radius 2 is 0.595 bits per heavy atom. The van der Waals surface area contributed by atoms with Gasteiger partial charge in [-0.1, -0.05) is 131 Å². The Morgan fingerprint density at radius 3 is 0.946 bits per heavy atom. The lowest BCUT2D eigenvalue weighted by molar-refractivity contribution is 0.641. The van der Waals surface area contributed by atoms with Crippen LogP contribution in [0.25, 0.3) is 0 Å². The highest BCUT2D eigenvalue weighted by Crippen LogP contribution is 2.39. The number of hydrogen-bond acceptors (Lipinski definition) is 1. The largest absolute Gasteiger partial charge is 0.311 e. The molecule has 5 aromatic carbocycles. The lowest BCUT2D eigenvalue weighted by atomic mass is 9.78. The summed E-state index contributed by atoms with van der Waals surface area (Å²) in [4.78, 5) is 2.33. The fraction of sp³-hybridized carbons (Fsp3) is 0.167. The zero-order valence-electron chi connectivity index (χ0n) is 22.2. The first kappa shape index (κ1) is 24.6. The highest BCUT2D eigenvalue weighted by atomic mass is 15.1. The molecule has 0 heterocycles. The second kappa shape index (κ2) is 10.1. The molecule has 1 nitrogen and oxygen atoms in total. The van der Waals surface area contributed by atoms with Gasteiger partial charge in [0.25, 0.3) is 0 Å². The average Bonchev–Trinajstić information content (AvgIpc) is 2.95. The summed E-state index contributed by atoms with van der Waals surface area (Å²) < 4.78 is 0. The Labute approximate surface area is 222 Å². The zero-order chi connectivity index (χ0) is 25.9. The van der Waals surface area contributed by atoms with E-state index in [1.54, 1.807) is 0 Å². The summed E-state index contributed by atoms with van der Waals surface area (Å²) in [7, 11) is 0. The van der Waals surface area contributed by atoms with Gasteiger partial charge in [0, 0.05) is 27.9 Å². The van der Waals surface area contributed by atoms with Crippen molar-refractivity contribution in [1.29, 1.82) is 0 Å². The second-order valence-electron chi connectivity index (χ2n) is 10.7. The van der Waals surface area contributed by atoms with Gasteiger partial charge in [0.05, 0.1) is 0 Å². The van der Waals surface area contributed by atoms with Crippen LogP contribution in [0.4, 0.5) is 17.1 Å². The van der Waals surface area contributed by atoms with Gasteiger partial charge in [0.15, 0.2) is 0 Å². The van der Waals surface area contributed by atoms with E-state index < -0.39 is 0 Å². The lowest BCUT2D eigenvalue weighted by Gasteiger charge is -2.30. The van der Waals surface area contributed by atoms with Gasteiger partial charge in [-0.05, 0) is 58.7 Å². The van der Waals surface area contributed by atoms with Gasteiger partial charge < -0.3 is 4.90 Å². The molecule has 37 heavy (non-hydrogen) atoms. The van der Waals surface area contributed by atoms with Gasteiger partial charge in [-0.3, -0.25) is 0 Å². The minimum absolute atomic E-state index is 0.0674. The highest BCUT2D eigenvalue weighted by Gasteiger charge is 2.25. The third kappa shape index (κ3) is 4.95. The van der Waals surface area contributed by atoms with Crippen LogP contribution in [0.5, 0.6) is 0 Å². The van der Waals surface area contributed by atoms with Gasteiger partial charge in [0.2, 0.25) is 0 Å². The van der Waals surface area contributed by atoms with E-state index in [0.717, 1.165) is 17.1 Å². The van der Waals surface area contributed by atoms with E-state index >= 15 is 0 Å². The van der Waals surface area contributed by atoms with E-state index in [9.17, 15) is 0 Å². The van der Waals surface area contributed by atoms with Crippen LogP contribution in [0.1, 0.15) is 49.9 Å². The maximum Gasteiger partial charge on any atom is 0.0461 e. The van der Waals surface area contributed by atoms with Gasteiger partial charge in [-0.2, -0.15) is 0 Å². The molecule has 0 unspecified atom stereocenters. The van der Waals surface area contributed by atoms with E-state index in [1.807, 2.05) is 0 Å². The fourth-order valence-corrected chi connectivity index (χ4v) is 5.12. The molecule has 0 N–H and O–H groups in total. The molecule has 0 aromatic heterocycles. The molecule has 0 spiro atoms. The molecular weight excluding hydrogens is 446 g/mol. The Bertz CT molecular complexity index is 1320. The summed E-state index contributed by atoms with van der Waals surface area (Å²) in [5, 5.41) is 0. The van der Waals surface area contributed by atoms with Gasteiger partial charge in [0.1, 0.15) is 0 Å². The number of para-hydroxylation sites is 1. The van der Waals surface area contributed by atoms with Crippen LogP contribution in [0.3, 0.4) is 0 Å². The van der Waals surface area contributed by atoms with Crippen molar-refractivity contribution in [2.24, 2.45) is 0 Å². The molecular formula is C36H35N. The van der Waals surface area contributed by atoms with Crippen molar-refractivity contribution in [3.8, 4) is 0 Å². The van der Waals surface area contributed by atoms with E-state index in [1.165, 1.54) is 22.3 Å². The summed E-state index contributed by atoms with van der Waals surface area (Å²) in [6, 6.07) is 50.1. The summed E-state index contributed by atoms with van der Waals surface area (Å²) in [6.07, 6.45) is 0. The lowest BCUT2D eigenvalue weighted by Crippen LogP contribution is -2.19. The molecule has 0 saturated heterocycles. The first-order valence-electron chi connectivity index (χ1n) is 13.0. The maximum absolute atomic E-state index is 2.33. The predicted molar refractivity (Wildman–Crippen MR) is 158 cm³/mol. The highest BCUT2D eigenvalue weighted by molar-refractivity contribution is 5.76. The predicted octanol–water partition coefficient (Wildman–Crippen LogP) is 9.81.